The van der Waals surface area contributed by atoms with Gasteiger partial charge in [-0.15, -0.1) is 10.2 Å². The number of carbonyl (C=O) groups is 1. The smallest absolute Gasteiger partial charge is 0.234 e. The SMILES string of the molecule is COc1ccccc1-c1nnc(SCC(=O)Nc2c(C)cccc2C)n1-n1cccc1. The van der Waals surface area contributed by atoms with E-state index in [9.17, 15) is 4.79 Å². The van der Waals surface area contributed by atoms with Crippen molar-refractivity contribution >= 4 is 23.4 Å². The monoisotopic (exact) mass is 433 g/mol. The van der Waals surface area contributed by atoms with Crippen molar-refractivity contribution < 1.29 is 9.53 Å². The maximum absolute atomic E-state index is 12.6. The van der Waals surface area contributed by atoms with Crippen LogP contribution in [0.4, 0.5) is 5.69 Å². The summed E-state index contributed by atoms with van der Waals surface area (Å²) in [5.41, 5.74) is 3.74. The fraction of sp³-hybridized carbons (Fsp3) is 0.174. The van der Waals surface area contributed by atoms with Gasteiger partial charge in [-0.25, -0.2) is 4.68 Å². The van der Waals surface area contributed by atoms with Gasteiger partial charge in [-0.3, -0.25) is 9.47 Å². The first kappa shape index (κ1) is 20.7. The lowest BCUT2D eigenvalue weighted by Crippen LogP contribution is -2.17. The Bertz CT molecular complexity index is 1180. The molecule has 31 heavy (non-hydrogen) atoms. The van der Waals surface area contributed by atoms with Crippen LogP contribution >= 0.6 is 11.8 Å². The molecule has 0 unspecified atom stereocenters. The first-order chi connectivity index (χ1) is 15.1. The van der Waals surface area contributed by atoms with Crippen molar-refractivity contribution in [1.29, 1.82) is 0 Å². The normalized spacial score (nSPS) is 10.8. The Balaban J connectivity index is 1.61. The van der Waals surface area contributed by atoms with Crippen LogP contribution < -0.4 is 10.1 Å². The molecule has 0 spiro atoms. The third-order valence-corrected chi connectivity index (χ3v) is 5.78. The van der Waals surface area contributed by atoms with Crippen LogP contribution in [0.1, 0.15) is 11.1 Å². The molecule has 0 atom stereocenters. The van der Waals surface area contributed by atoms with Crippen molar-refractivity contribution in [2.45, 2.75) is 19.0 Å². The van der Waals surface area contributed by atoms with E-state index in [2.05, 4.69) is 15.5 Å². The van der Waals surface area contributed by atoms with Gasteiger partial charge in [0.05, 0.1) is 18.4 Å². The van der Waals surface area contributed by atoms with Gasteiger partial charge in [-0.1, -0.05) is 42.1 Å². The Kier molecular flexibility index (Phi) is 6.08. The summed E-state index contributed by atoms with van der Waals surface area (Å²) >= 11 is 1.33. The van der Waals surface area contributed by atoms with Crippen LogP contribution in [0.25, 0.3) is 11.4 Å². The molecule has 2 aromatic carbocycles. The minimum atomic E-state index is -0.0942. The molecular weight excluding hydrogens is 410 g/mol. The number of nitrogens with one attached hydrogen (secondary N) is 1. The first-order valence-electron chi connectivity index (χ1n) is 9.80. The van der Waals surface area contributed by atoms with E-state index < -0.39 is 0 Å². The first-order valence-corrected chi connectivity index (χ1v) is 10.8. The molecule has 0 fully saturated rings. The van der Waals surface area contributed by atoms with E-state index in [1.807, 2.05) is 90.2 Å². The molecule has 0 aliphatic heterocycles. The Morgan fingerprint density at radius 3 is 2.42 bits per heavy atom. The van der Waals surface area contributed by atoms with Gasteiger partial charge in [0.1, 0.15) is 5.75 Å². The van der Waals surface area contributed by atoms with E-state index in [-0.39, 0.29) is 11.7 Å². The number of aromatic nitrogens is 4. The van der Waals surface area contributed by atoms with E-state index in [0.717, 1.165) is 22.4 Å². The van der Waals surface area contributed by atoms with Gasteiger partial charge in [-0.05, 0) is 49.2 Å². The van der Waals surface area contributed by atoms with E-state index in [0.29, 0.717) is 16.7 Å². The van der Waals surface area contributed by atoms with Crippen LogP contribution in [0.3, 0.4) is 0 Å². The number of ether oxygens (including phenoxy) is 1. The summed E-state index contributed by atoms with van der Waals surface area (Å²) in [6, 6.07) is 17.5. The fourth-order valence-corrected chi connectivity index (χ4v) is 4.07. The van der Waals surface area contributed by atoms with Crippen molar-refractivity contribution in [3.8, 4) is 17.1 Å². The molecule has 0 aliphatic rings. The van der Waals surface area contributed by atoms with Crippen LogP contribution in [0.15, 0.2) is 72.1 Å². The number of thioether (sulfide) groups is 1. The molecule has 4 aromatic rings. The third kappa shape index (κ3) is 4.34. The summed E-state index contributed by atoms with van der Waals surface area (Å²) in [6.45, 7) is 3.97. The van der Waals surface area contributed by atoms with E-state index in [1.165, 1.54) is 11.8 Å². The highest BCUT2D eigenvalue weighted by Crippen LogP contribution is 2.31. The van der Waals surface area contributed by atoms with Gasteiger partial charge in [0, 0.05) is 18.1 Å². The molecule has 7 nitrogen and oxygen atoms in total. The second kappa shape index (κ2) is 9.09. The average Bonchev–Trinajstić information content (AvgIpc) is 3.44. The van der Waals surface area contributed by atoms with Crippen LogP contribution in [0.2, 0.25) is 0 Å². The maximum atomic E-state index is 12.6. The van der Waals surface area contributed by atoms with Crippen LogP contribution in [0, 0.1) is 13.8 Å². The number of hydrogen-bond acceptors (Lipinski definition) is 5. The number of amides is 1. The zero-order valence-electron chi connectivity index (χ0n) is 17.6. The Morgan fingerprint density at radius 1 is 1.00 bits per heavy atom. The molecule has 1 N–H and O–H groups in total. The predicted octanol–water partition coefficient (Wildman–Crippen LogP) is 4.41. The topological polar surface area (TPSA) is 74.0 Å². The van der Waals surface area contributed by atoms with Crippen molar-refractivity contribution in [2.75, 3.05) is 18.2 Å². The van der Waals surface area contributed by atoms with Crippen molar-refractivity contribution in [1.82, 2.24) is 19.5 Å². The summed E-state index contributed by atoms with van der Waals surface area (Å²) in [6.07, 6.45) is 3.81. The van der Waals surface area contributed by atoms with E-state index in [4.69, 9.17) is 4.74 Å². The van der Waals surface area contributed by atoms with Gasteiger partial charge in [0.15, 0.2) is 5.82 Å². The van der Waals surface area contributed by atoms with Gasteiger partial charge in [-0.2, -0.15) is 0 Å². The van der Waals surface area contributed by atoms with Crippen molar-refractivity contribution in [2.24, 2.45) is 0 Å². The van der Waals surface area contributed by atoms with E-state index >= 15 is 0 Å². The minimum absolute atomic E-state index is 0.0942. The number of carbonyl (C=O) groups excluding carboxylic acids is 1. The zero-order valence-corrected chi connectivity index (χ0v) is 18.4. The number of para-hydroxylation sites is 2. The highest BCUT2D eigenvalue weighted by molar-refractivity contribution is 7.99. The number of nitrogens with zero attached hydrogens (tertiary/aromatic N) is 4. The number of benzene rings is 2. The molecule has 0 bridgehead atoms. The van der Waals surface area contributed by atoms with Crippen molar-refractivity contribution in [3.05, 3.63) is 78.1 Å². The summed E-state index contributed by atoms with van der Waals surface area (Å²) in [5, 5.41) is 12.4. The Hall–Kier alpha value is -3.52. The van der Waals surface area contributed by atoms with Crippen LogP contribution in [-0.4, -0.2) is 38.3 Å². The van der Waals surface area contributed by atoms with Gasteiger partial charge in [0.2, 0.25) is 11.1 Å². The lowest BCUT2D eigenvalue weighted by atomic mass is 10.1. The number of hydrogen-bond donors (Lipinski definition) is 1. The molecule has 2 aromatic heterocycles. The minimum Gasteiger partial charge on any atom is -0.496 e. The molecule has 158 valence electrons. The van der Waals surface area contributed by atoms with Crippen LogP contribution in [0.5, 0.6) is 5.75 Å². The van der Waals surface area contributed by atoms with Crippen LogP contribution in [-0.2, 0) is 4.79 Å². The van der Waals surface area contributed by atoms with Crippen molar-refractivity contribution in [3.63, 3.8) is 0 Å². The summed E-state index contributed by atoms with van der Waals surface area (Å²) in [7, 11) is 1.63. The second-order valence-corrected chi connectivity index (χ2v) is 7.93. The quantitative estimate of drug-likeness (QED) is 0.437. The summed E-state index contributed by atoms with van der Waals surface area (Å²) < 4.78 is 9.26. The molecule has 0 aliphatic carbocycles. The fourth-order valence-electron chi connectivity index (χ4n) is 3.34. The lowest BCUT2D eigenvalue weighted by molar-refractivity contribution is -0.113. The van der Waals surface area contributed by atoms with Gasteiger partial charge < -0.3 is 10.1 Å². The largest absolute Gasteiger partial charge is 0.496 e. The number of aryl methyl sites for hydroxylation is 2. The molecule has 0 radical (unpaired) electrons. The van der Waals surface area contributed by atoms with E-state index in [1.54, 1.807) is 7.11 Å². The van der Waals surface area contributed by atoms with Gasteiger partial charge in [0.25, 0.3) is 0 Å². The molecular formula is C23H23N5O2S. The zero-order chi connectivity index (χ0) is 21.8. The van der Waals surface area contributed by atoms with Gasteiger partial charge >= 0.3 is 0 Å². The number of rotatable bonds is 7. The summed E-state index contributed by atoms with van der Waals surface area (Å²) in [4.78, 5) is 12.6. The summed E-state index contributed by atoms with van der Waals surface area (Å²) in [5.74, 6) is 1.45. The molecule has 2 heterocycles. The Labute approximate surface area is 185 Å². The standard InChI is InChI=1S/C23H23N5O2S/c1-16-9-8-10-17(2)21(16)24-20(29)15-31-23-26-25-22(28(23)27-13-6-7-14-27)18-11-4-5-12-19(18)30-3/h4-14H,15H2,1-3H3,(H,24,29). The lowest BCUT2D eigenvalue weighted by Gasteiger charge is -2.13. The Morgan fingerprint density at radius 2 is 1.71 bits per heavy atom. The number of methoxy groups -OCH3 is 1. The molecule has 4 rings (SSSR count). The average molecular weight is 434 g/mol. The molecule has 8 heteroatoms. The molecule has 1 amide bonds. The highest BCUT2D eigenvalue weighted by atomic mass is 32.2. The second-order valence-electron chi connectivity index (χ2n) is 6.98. The predicted molar refractivity (Wildman–Crippen MR) is 123 cm³/mol. The molecule has 0 saturated heterocycles. The highest BCUT2D eigenvalue weighted by Gasteiger charge is 2.19. The number of anilines is 1. The third-order valence-electron chi connectivity index (χ3n) is 4.86. The maximum Gasteiger partial charge on any atom is 0.234 e. The molecule has 0 saturated carbocycles.